The summed E-state index contributed by atoms with van der Waals surface area (Å²) in [5.41, 5.74) is 4.06. The summed E-state index contributed by atoms with van der Waals surface area (Å²) in [5.74, 6) is 0. The van der Waals surface area contributed by atoms with Crippen molar-refractivity contribution in [2.45, 2.75) is 20.4 Å². The summed E-state index contributed by atoms with van der Waals surface area (Å²) in [7, 11) is 1.84. The summed E-state index contributed by atoms with van der Waals surface area (Å²) < 4.78 is 0. The minimum Gasteiger partial charge on any atom is -0.322 e. The quantitative estimate of drug-likeness (QED) is 0.805. The number of fused-ring (bicyclic) bond motifs is 1. The number of hydrogen-bond acceptors (Lipinski definition) is 2. The number of benzene rings is 1. The molecular weight excluding hydrogens is 200 g/mol. The fourth-order valence-corrected chi connectivity index (χ4v) is 2.04. The molecule has 3 nitrogen and oxygen atoms in total. The first-order valence-corrected chi connectivity index (χ1v) is 5.39. The van der Waals surface area contributed by atoms with Crippen LogP contribution in [0.15, 0.2) is 23.0 Å². The fraction of sp³-hybridized carbons (Fsp3) is 0.308. The standard InChI is InChI=1S/C13H16N2O/c1-8-4-9(2)11-6-10(7-14-3)13(16)15-12(11)5-8/h4-6,14H,7H2,1-3H3,(H,15,16). The van der Waals surface area contributed by atoms with Gasteiger partial charge in [0.2, 0.25) is 0 Å². The van der Waals surface area contributed by atoms with E-state index in [4.69, 9.17) is 0 Å². The smallest absolute Gasteiger partial charge is 0.252 e. The molecule has 3 heteroatoms. The van der Waals surface area contributed by atoms with Gasteiger partial charge in [-0.1, -0.05) is 6.07 Å². The number of aromatic nitrogens is 1. The van der Waals surface area contributed by atoms with Gasteiger partial charge in [-0.15, -0.1) is 0 Å². The molecule has 0 aliphatic rings. The molecule has 0 atom stereocenters. The van der Waals surface area contributed by atoms with E-state index in [0.717, 1.165) is 16.5 Å². The minimum absolute atomic E-state index is 0.00755. The lowest BCUT2D eigenvalue weighted by atomic mass is 10.0. The minimum atomic E-state index is -0.00755. The van der Waals surface area contributed by atoms with Crippen LogP contribution in [-0.2, 0) is 6.54 Å². The van der Waals surface area contributed by atoms with Gasteiger partial charge >= 0.3 is 0 Å². The molecule has 1 aromatic carbocycles. The van der Waals surface area contributed by atoms with Crippen LogP contribution in [0, 0.1) is 13.8 Å². The molecular formula is C13H16N2O. The molecule has 16 heavy (non-hydrogen) atoms. The fourth-order valence-electron chi connectivity index (χ4n) is 2.04. The molecule has 84 valence electrons. The van der Waals surface area contributed by atoms with Crippen LogP contribution in [-0.4, -0.2) is 12.0 Å². The van der Waals surface area contributed by atoms with Crippen LogP contribution >= 0.6 is 0 Å². The Balaban J connectivity index is 2.74. The van der Waals surface area contributed by atoms with Crippen LogP contribution in [0.5, 0.6) is 0 Å². The zero-order valence-corrected chi connectivity index (χ0v) is 9.85. The third-order valence-electron chi connectivity index (χ3n) is 2.76. The third-order valence-corrected chi connectivity index (χ3v) is 2.76. The van der Waals surface area contributed by atoms with E-state index in [1.54, 1.807) is 0 Å². The number of nitrogens with one attached hydrogen (secondary N) is 2. The molecule has 2 rings (SSSR count). The number of hydrogen-bond donors (Lipinski definition) is 2. The molecule has 0 fully saturated rings. The van der Waals surface area contributed by atoms with Crippen LogP contribution < -0.4 is 10.9 Å². The SMILES string of the molecule is CNCc1cc2c(C)cc(C)cc2[nH]c1=O. The first-order chi connectivity index (χ1) is 7.61. The molecule has 0 bridgehead atoms. The van der Waals surface area contributed by atoms with Crippen molar-refractivity contribution in [3.8, 4) is 0 Å². The van der Waals surface area contributed by atoms with Crippen LogP contribution in [0.2, 0.25) is 0 Å². The lowest BCUT2D eigenvalue weighted by molar-refractivity contribution is 0.807. The van der Waals surface area contributed by atoms with Gasteiger partial charge in [-0.3, -0.25) is 4.79 Å². The molecule has 0 saturated heterocycles. The lowest BCUT2D eigenvalue weighted by Gasteiger charge is -2.06. The van der Waals surface area contributed by atoms with Crippen molar-refractivity contribution >= 4 is 10.9 Å². The van der Waals surface area contributed by atoms with Gasteiger partial charge in [0, 0.05) is 23.0 Å². The predicted octanol–water partition coefficient (Wildman–Crippen LogP) is 1.86. The summed E-state index contributed by atoms with van der Waals surface area (Å²) in [4.78, 5) is 14.7. The van der Waals surface area contributed by atoms with Crippen molar-refractivity contribution in [2.24, 2.45) is 0 Å². The van der Waals surface area contributed by atoms with E-state index in [9.17, 15) is 4.79 Å². The van der Waals surface area contributed by atoms with E-state index in [2.05, 4.69) is 23.3 Å². The van der Waals surface area contributed by atoms with Gasteiger partial charge in [-0.2, -0.15) is 0 Å². The number of aryl methyl sites for hydroxylation is 2. The predicted molar refractivity (Wildman–Crippen MR) is 66.8 cm³/mol. The Kier molecular flexibility index (Phi) is 2.79. The summed E-state index contributed by atoms with van der Waals surface area (Å²) in [5, 5.41) is 4.12. The molecule has 0 aliphatic carbocycles. The first kappa shape index (κ1) is 10.9. The Labute approximate surface area is 94.5 Å². The van der Waals surface area contributed by atoms with Gasteiger partial charge in [0.25, 0.3) is 5.56 Å². The first-order valence-electron chi connectivity index (χ1n) is 5.39. The van der Waals surface area contributed by atoms with Crippen LogP contribution in [0.4, 0.5) is 0 Å². The molecule has 0 amide bonds. The van der Waals surface area contributed by atoms with E-state index in [1.807, 2.05) is 26.1 Å². The molecule has 0 spiro atoms. The van der Waals surface area contributed by atoms with Crippen molar-refractivity contribution in [3.05, 3.63) is 45.2 Å². The summed E-state index contributed by atoms with van der Waals surface area (Å²) in [6.45, 7) is 4.70. The van der Waals surface area contributed by atoms with Crippen molar-refractivity contribution in [2.75, 3.05) is 7.05 Å². The number of pyridine rings is 1. The molecule has 0 unspecified atom stereocenters. The second kappa shape index (κ2) is 4.10. The summed E-state index contributed by atoms with van der Waals surface area (Å²) in [6.07, 6.45) is 0. The van der Waals surface area contributed by atoms with Crippen LogP contribution in [0.1, 0.15) is 16.7 Å². The topological polar surface area (TPSA) is 44.9 Å². The van der Waals surface area contributed by atoms with E-state index >= 15 is 0 Å². The van der Waals surface area contributed by atoms with Crippen molar-refractivity contribution in [3.63, 3.8) is 0 Å². The third kappa shape index (κ3) is 1.86. The molecule has 1 aromatic heterocycles. The van der Waals surface area contributed by atoms with Crippen LogP contribution in [0.25, 0.3) is 10.9 Å². The van der Waals surface area contributed by atoms with Gasteiger partial charge in [-0.05, 0) is 44.2 Å². The summed E-state index contributed by atoms with van der Waals surface area (Å²) in [6, 6.07) is 6.11. The maximum atomic E-state index is 11.8. The molecule has 0 radical (unpaired) electrons. The summed E-state index contributed by atoms with van der Waals surface area (Å²) >= 11 is 0. The molecule has 2 N–H and O–H groups in total. The van der Waals surface area contributed by atoms with Gasteiger partial charge < -0.3 is 10.3 Å². The lowest BCUT2D eigenvalue weighted by Crippen LogP contribution is -2.18. The van der Waals surface area contributed by atoms with E-state index in [0.29, 0.717) is 6.54 Å². The Morgan fingerprint density at radius 1 is 1.25 bits per heavy atom. The molecule has 0 saturated carbocycles. The van der Waals surface area contributed by atoms with Gasteiger partial charge in [0.15, 0.2) is 0 Å². The Morgan fingerprint density at radius 3 is 2.69 bits per heavy atom. The molecule has 0 aliphatic heterocycles. The highest BCUT2D eigenvalue weighted by atomic mass is 16.1. The zero-order valence-electron chi connectivity index (χ0n) is 9.85. The number of aromatic amines is 1. The molecule has 2 aromatic rings. The highest BCUT2D eigenvalue weighted by Crippen LogP contribution is 2.18. The Morgan fingerprint density at radius 2 is 2.00 bits per heavy atom. The number of H-pyrrole nitrogens is 1. The Hall–Kier alpha value is -1.61. The second-order valence-electron chi connectivity index (χ2n) is 4.20. The van der Waals surface area contributed by atoms with Crippen molar-refractivity contribution in [1.29, 1.82) is 0 Å². The van der Waals surface area contributed by atoms with Crippen molar-refractivity contribution in [1.82, 2.24) is 10.3 Å². The van der Waals surface area contributed by atoms with Crippen molar-refractivity contribution < 1.29 is 0 Å². The van der Waals surface area contributed by atoms with E-state index in [-0.39, 0.29) is 5.56 Å². The highest BCUT2D eigenvalue weighted by molar-refractivity contribution is 5.83. The highest BCUT2D eigenvalue weighted by Gasteiger charge is 2.04. The maximum Gasteiger partial charge on any atom is 0.252 e. The van der Waals surface area contributed by atoms with Crippen LogP contribution in [0.3, 0.4) is 0 Å². The normalized spacial score (nSPS) is 10.9. The zero-order chi connectivity index (χ0) is 11.7. The monoisotopic (exact) mass is 216 g/mol. The van der Waals surface area contributed by atoms with Gasteiger partial charge in [-0.25, -0.2) is 0 Å². The van der Waals surface area contributed by atoms with Gasteiger partial charge in [0.1, 0.15) is 0 Å². The molecule has 1 heterocycles. The number of rotatable bonds is 2. The van der Waals surface area contributed by atoms with E-state index in [1.165, 1.54) is 11.1 Å². The second-order valence-corrected chi connectivity index (χ2v) is 4.20. The Bertz CT molecular complexity index is 584. The largest absolute Gasteiger partial charge is 0.322 e. The van der Waals surface area contributed by atoms with E-state index < -0.39 is 0 Å². The van der Waals surface area contributed by atoms with Gasteiger partial charge in [0.05, 0.1) is 0 Å². The maximum absolute atomic E-state index is 11.8. The average Bonchev–Trinajstić information content (AvgIpc) is 2.20. The average molecular weight is 216 g/mol.